The maximum absolute atomic E-state index is 6.36. The van der Waals surface area contributed by atoms with E-state index in [0.717, 1.165) is 30.2 Å². The molecule has 0 radical (unpaired) electrons. The summed E-state index contributed by atoms with van der Waals surface area (Å²) in [6, 6.07) is 0.508. The molecule has 1 aromatic rings. The van der Waals surface area contributed by atoms with Crippen LogP contribution >= 0.6 is 11.6 Å². The Morgan fingerprint density at radius 3 is 2.56 bits per heavy atom. The fourth-order valence-corrected chi connectivity index (χ4v) is 2.48. The molecule has 1 aromatic heterocycles. The van der Waals surface area contributed by atoms with Crippen LogP contribution in [0.5, 0.6) is 0 Å². The van der Waals surface area contributed by atoms with Crippen LogP contribution in [0.15, 0.2) is 0 Å². The van der Waals surface area contributed by atoms with Crippen LogP contribution in [0.1, 0.15) is 51.4 Å². The predicted molar refractivity (Wildman–Crippen MR) is 78.3 cm³/mol. The Morgan fingerprint density at radius 2 is 2.00 bits per heavy atom. The van der Waals surface area contributed by atoms with Crippen LogP contribution in [-0.2, 0) is 13.0 Å². The largest absolute Gasteiger partial charge is 0.314 e. The quantitative estimate of drug-likeness (QED) is 0.783. The normalized spacial score (nSPS) is 12.9. The highest BCUT2D eigenvalue weighted by Crippen LogP contribution is 2.22. The molecule has 0 aliphatic rings. The zero-order valence-electron chi connectivity index (χ0n) is 12.1. The second-order valence-electron chi connectivity index (χ2n) is 4.81. The van der Waals surface area contributed by atoms with Gasteiger partial charge >= 0.3 is 0 Å². The van der Waals surface area contributed by atoms with Gasteiger partial charge in [0.2, 0.25) is 0 Å². The molecule has 0 saturated carbocycles. The van der Waals surface area contributed by atoms with E-state index in [9.17, 15) is 0 Å². The number of nitrogens with one attached hydrogen (secondary N) is 1. The summed E-state index contributed by atoms with van der Waals surface area (Å²) in [5.41, 5.74) is 2.12. The summed E-state index contributed by atoms with van der Waals surface area (Å²) in [4.78, 5) is 0. The molecular formula is C14H26ClN3. The highest BCUT2D eigenvalue weighted by Gasteiger charge is 2.16. The van der Waals surface area contributed by atoms with Gasteiger partial charge in [-0.1, -0.05) is 31.9 Å². The van der Waals surface area contributed by atoms with E-state index >= 15 is 0 Å². The summed E-state index contributed by atoms with van der Waals surface area (Å²) in [6.07, 6.45) is 4.52. The molecule has 0 spiro atoms. The van der Waals surface area contributed by atoms with Crippen molar-refractivity contribution < 1.29 is 0 Å². The molecule has 0 saturated heterocycles. The number of aromatic nitrogens is 2. The lowest BCUT2D eigenvalue weighted by Gasteiger charge is -2.18. The van der Waals surface area contributed by atoms with Gasteiger partial charge in [-0.05, 0) is 33.2 Å². The predicted octanol–water partition coefficient (Wildman–Crippen LogP) is 3.58. The first kappa shape index (κ1) is 15.5. The lowest BCUT2D eigenvalue weighted by Crippen LogP contribution is -2.32. The molecule has 0 aliphatic heterocycles. The van der Waals surface area contributed by atoms with Crippen LogP contribution in [0.25, 0.3) is 0 Å². The summed E-state index contributed by atoms with van der Waals surface area (Å²) in [5.74, 6) is 0. The number of rotatable bonds is 8. The van der Waals surface area contributed by atoms with Gasteiger partial charge in [0, 0.05) is 19.0 Å². The summed E-state index contributed by atoms with van der Waals surface area (Å²) in [6.45, 7) is 10.5. The minimum absolute atomic E-state index is 0.508. The van der Waals surface area contributed by atoms with Gasteiger partial charge < -0.3 is 5.32 Å². The monoisotopic (exact) mass is 271 g/mol. The Morgan fingerprint density at radius 1 is 1.28 bits per heavy atom. The molecule has 18 heavy (non-hydrogen) atoms. The molecule has 1 heterocycles. The maximum atomic E-state index is 6.36. The molecule has 4 heteroatoms. The third-order valence-corrected chi connectivity index (χ3v) is 3.70. The lowest BCUT2D eigenvalue weighted by atomic mass is 10.1. The fourth-order valence-electron chi connectivity index (χ4n) is 2.27. The van der Waals surface area contributed by atoms with E-state index in [2.05, 4.69) is 31.2 Å². The number of halogens is 1. The van der Waals surface area contributed by atoms with E-state index in [0.29, 0.717) is 6.04 Å². The van der Waals surface area contributed by atoms with Gasteiger partial charge in [-0.25, -0.2) is 0 Å². The molecular weight excluding hydrogens is 246 g/mol. The van der Waals surface area contributed by atoms with Crippen molar-refractivity contribution in [1.29, 1.82) is 0 Å². The van der Waals surface area contributed by atoms with Crippen molar-refractivity contribution in [3.8, 4) is 0 Å². The first-order chi connectivity index (χ1) is 8.63. The van der Waals surface area contributed by atoms with E-state index in [1.54, 1.807) is 0 Å². The van der Waals surface area contributed by atoms with Crippen molar-refractivity contribution in [2.24, 2.45) is 0 Å². The van der Waals surface area contributed by atoms with Gasteiger partial charge in [-0.3, -0.25) is 4.68 Å². The summed E-state index contributed by atoms with van der Waals surface area (Å²) >= 11 is 6.36. The van der Waals surface area contributed by atoms with E-state index in [1.165, 1.54) is 25.0 Å². The molecule has 1 atom stereocenters. The Balaban J connectivity index is 2.78. The van der Waals surface area contributed by atoms with Crippen molar-refractivity contribution >= 4 is 11.6 Å². The summed E-state index contributed by atoms with van der Waals surface area (Å²) in [7, 11) is 0. The summed E-state index contributed by atoms with van der Waals surface area (Å²) < 4.78 is 2.04. The Labute approximate surface area is 116 Å². The summed E-state index contributed by atoms with van der Waals surface area (Å²) in [5, 5.41) is 8.93. The second kappa shape index (κ2) is 7.80. The van der Waals surface area contributed by atoms with Crippen molar-refractivity contribution in [2.45, 2.75) is 66.0 Å². The minimum Gasteiger partial charge on any atom is -0.314 e. The SMILES string of the molecule is CCCNC(CCC)Cc1c(Cl)c(C)nn1CC. The number of nitrogens with zero attached hydrogens (tertiary/aromatic N) is 2. The van der Waals surface area contributed by atoms with Crippen molar-refractivity contribution in [2.75, 3.05) is 6.54 Å². The standard InChI is InChI=1S/C14H26ClN3/c1-5-8-12(16-9-6-2)10-13-14(15)11(4)17-18(13)7-3/h12,16H,5-10H2,1-4H3. The van der Waals surface area contributed by atoms with Gasteiger partial charge in [0.05, 0.1) is 16.4 Å². The molecule has 0 amide bonds. The van der Waals surface area contributed by atoms with Crippen LogP contribution in [0.3, 0.4) is 0 Å². The zero-order valence-corrected chi connectivity index (χ0v) is 12.8. The smallest absolute Gasteiger partial charge is 0.0847 e. The van der Waals surface area contributed by atoms with E-state index in [1.807, 2.05) is 11.6 Å². The average Bonchev–Trinajstić information content (AvgIpc) is 2.63. The molecule has 0 fully saturated rings. The average molecular weight is 272 g/mol. The highest BCUT2D eigenvalue weighted by molar-refractivity contribution is 6.31. The van der Waals surface area contributed by atoms with Gasteiger partial charge in [-0.2, -0.15) is 5.10 Å². The van der Waals surface area contributed by atoms with Gasteiger partial charge in [0.25, 0.3) is 0 Å². The third-order valence-electron chi connectivity index (χ3n) is 3.21. The van der Waals surface area contributed by atoms with Crippen LogP contribution in [-0.4, -0.2) is 22.4 Å². The molecule has 104 valence electrons. The lowest BCUT2D eigenvalue weighted by molar-refractivity contribution is 0.456. The van der Waals surface area contributed by atoms with Crippen LogP contribution in [0, 0.1) is 6.92 Å². The molecule has 0 aliphatic carbocycles. The van der Waals surface area contributed by atoms with E-state index in [4.69, 9.17) is 11.6 Å². The van der Waals surface area contributed by atoms with Crippen molar-refractivity contribution in [1.82, 2.24) is 15.1 Å². The molecule has 1 unspecified atom stereocenters. The second-order valence-corrected chi connectivity index (χ2v) is 5.18. The minimum atomic E-state index is 0.508. The first-order valence-corrected chi connectivity index (χ1v) is 7.46. The Kier molecular flexibility index (Phi) is 6.72. The fraction of sp³-hybridized carbons (Fsp3) is 0.786. The number of hydrogen-bond donors (Lipinski definition) is 1. The van der Waals surface area contributed by atoms with E-state index < -0.39 is 0 Å². The molecule has 1 rings (SSSR count). The molecule has 1 N–H and O–H groups in total. The van der Waals surface area contributed by atoms with Gasteiger partial charge in [0.1, 0.15) is 0 Å². The van der Waals surface area contributed by atoms with E-state index in [-0.39, 0.29) is 0 Å². The highest BCUT2D eigenvalue weighted by atomic mass is 35.5. The van der Waals surface area contributed by atoms with Crippen LogP contribution < -0.4 is 5.32 Å². The topological polar surface area (TPSA) is 29.9 Å². The number of hydrogen-bond acceptors (Lipinski definition) is 2. The maximum Gasteiger partial charge on any atom is 0.0847 e. The Hall–Kier alpha value is -0.540. The zero-order chi connectivity index (χ0) is 13.5. The van der Waals surface area contributed by atoms with Crippen LogP contribution in [0.2, 0.25) is 5.02 Å². The van der Waals surface area contributed by atoms with Crippen molar-refractivity contribution in [3.05, 3.63) is 16.4 Å². The molecule has 3 nitrogen and oxygen atoms in total. The molecule has 0 aromatic carbocycles. The van der Waals surface area contributed by atoms with Crippen molar-refractivity contribution in [3.63, 3.8) is 0 Å². The van der Waals surface area contributed by atoms with Gasteiger partial charge in [-0.15, -0.1) is 0 Å². The third kappa shape index (κ3) is 3.99. The van der Waals surface area contributed by atoms with Crippen LogP contribution in [0.4, 0.5) is 0 Å². The Bertz CT molecular complexity index is 360. The molecule has 0 bridgehead atoms. The number of aryl methyl sites for hydroxylation is 2. The van der Waals surface area contributed by atoms with Gasteiger partial charge in [0.15, 0.2) is 0 Å². The first-order valence-electron chi connectivity index (χ1n) is 7.09.